The van der Waals surface area contributed by atoms with Gasteiger partial charge in [-0.2, -0.15) is 4.31 Å². The summed E-state index contributed by atoms with van der Waals surface area (Å²) >= 11 is 1.57. The summed E-state index contributed by atoms with van der Waals surface area (Å²) in [5.74, 6) is 0. The SMILES string of the molecule is Cc1sc(CNC2CC2)cc1S(=O)(=O)N(C)C(C)C. The Balaban J connectivity index is 2.18. The molecular formula is C13H22N2O2S2. The molecule has 1 heterocycles. The molecule has 1 saturated carbocycles. The first-order valence-corrected chi connectivity index (χ1v) is 8.88. The van der Waals surface area contributed by atoms with E-state index in [9.17, 15) is 8.42 Å². The molecule has 0 saturated heterocycles. The van der Waals surface area contributed by atoms with E-state index in [0.29, 0.717) is 10.9 Å². The van der Waals surface area contributed by atoms with Crippen LogP contribution in [-0.4, -0.2) is 31.9 Å². The standard InChI is InChI=1S/C13H22N2O2S2/c1-9(2)15(4)19(16,17)13-7-12(18-10(13)3)8-14-11-5-6-11/h7,9,11,14H,5-6,8H2,1-4H3. The van der Waals surface area contributed by atoms with Gasteiger partial charge in [0.1, 0.15) is 0 Å². The van der Waals surface area contributed by atoms with E-state index in [1.54, 1.807) is 18.4 Å². The number of aryl methyl sites for hydroxylation is 1. The van der Waals surface area contributed by atoms with Crippen molar-refractivity contribution in [2.75, 3.05) is 7.05 Å². The molecule has 0 atom stereocenters. The molecule has 0 aromatic carbocycles. The Kier molecular flexibility index (Phi) is 4.35. The summed E-state index contributed by atoms with van der Waals surface area (Å²) in [7, 11) is -1.72. The molecule has 0 amide bonds. The molecule has 0 unspecified atom stereocenters. The number of thiophene rings is 1. The molecule has 0 bridgehead atoms. The van der Waals surface area contributed by atoms with Gasteiger partial charge in [0, 0.05) is 35.4 Å². The van der Waals surface area contributed by atoms with Crippen LogP contribution in [-0.2, 0) is 16.6 Å². The van der Waals surface area contributed by atoms with Crippen molar-refractivity contribution >= 4 is 21.4 Å². The molecular weight excluding hydrogens is 280 g/mol. The predicted molar refractivity (Wildman–Crippen MR) is 79.0 cm³/mol. The van der Waals surface area contributed by atoms with Crippen molar-refractivity contribution in [3.63, 3.8) is 0 Å². The van der Waals surface area contributed by atoms with Crippen LogP contribution in [0.4, 0.5) is 0 Å². The summed E-state index contributed by atoms with van der Waals surface area (Å²) in [6, 6.07) is 2.43. The van der Waals surface area contributed by atoms with E-state index in [1.807, 2.05) is 26.8 Å². The van der Waals surface area contributed by atoms with Crippen LogP contribution in [0, 0.1) is 6.92 Å². The smallest absolute Gasteiger partial charge is 0.244 e. The number of hydrogen-bond acceptors (Lipinski definition) is 4. The van der Waals surface area contributed by atoms with E-state index < -0.39 is 10.0 Å². The van der Waals surface area contributed by atoms with E-state index >= 15 is 0 Å². The van der Waals surface area contributed by atoms with Crippen molar-refractivity contribution in [1.29, 1.82) is 0 Å². The van der Waals surface area contributed by atoms with Gasteiger partial charge >= 0.3 is 0 Å². The average Bonchev–Trinajstić information content (AvgIpc) is 3.08. The summed E-state index contributed by atoms with van der Waals surface area (Å²) in [5.41, 5.74) is 0. The van der Waals surface area contributed by atoms with Gasteiger partial charge in [-0.1, -0.05) is 0 Å². The van der Waals surface area contributed by atoms with Crippen molar-refractivity contribution in [2.45, 2.75) is 57.1 Å². The minimum atomic E-state index is -3.36. The van der Waals surface area contributed by atoms with Crippen molar-refractivity contribution in [2.24, 2.45) is 0 Å². The first kappa shape index (κ1) is 15.0. The van der Waals surface area contributed by atoms with Crippen LogP contribution in [0.5, 0.6) is 0 Å². The number of nitrogens with one attached hydrogen (secondary N) is 1. The number of rotatable bonds is 6. The molecule has 2 rings (SSSR count). The van der Waals surface area contributed by atoms with Crippen LogP contribution >= 0.6 is 11.3 Å². The zero-order chi connectivity index (χ0) is 14.2. The Morgan fingerprint density at radius 1 is 1.47 bits per heavy atom. The van der Waals surface area contributed by atoms with E-state index in [-0.39, 0.29) is 6.04 Å². The lowest BCUT2D eigenvalue weighted by Gasteiger charge is -2.20. The van der Waals surface area contributed by atoms with Gasteiger partial charge in [0.05, 0.1) is 4.90 Å². The molecule has 1 aromatic rings. The minimum absolute atomic E-state index is 0.0302. The predicted octanol–water partition coefficient (Wildman–Crippen LogP) is 2.34. The molecule has 6 heteroatoms. The van der Waals surface area contributed by atoms with Crippen molar-refractivity contribution in [3.8, 4) is 0 Å². The normalized spacial score (nSPS) is 16.5. The van der Waals surface area contributed by atoms with E-state index in [0.717, 1.165) is 16.3 Å². The van der Waals surface area contributed by atoms with E-state index in [1.165, 1.54) is 17.1 Å². The Morgan fingerprint density at radius 2 is 2.11 bits per heavy atom. The van der Waals surface area contributed by atoms with E-state index in [2.05, 4.69) is 5.32 Å². The summed E-state index contributed by atoms with van der Waals surface area (Å²) in [4.78, 5) is 2.43. The molecule has 1 aliphatic rings. The first-order valence-electron chi connectivity index (χ1n) is 6.63. The molecule has 0 spiro atoms. The van der Waals surface area contributed by atoms with Crippen molar-refractivity contribution < 1.29 is 8.42 Å². The zero-order valence-corrected chi connectivity index (χ0v) is 13.6. The second-order valence-corrected chi connectivity index (χ2v) is 8.71. The Morgan fingerprint density at radius 3 is 2.63 bits per heavy atom. The van der Waals surface area contributed by atoms with Gasteiger partial charge in [0.25, 0.3) is 0 Å². The highest BCUT2D eigenvalue weighted by Gasteiger charge is 2.27. The van der Waals surface area contributed by atoms with Gasteiger partial charge in [-0.05, 0) is 39.7 Å². The lowest BCUT2D eigenvalue weighted by molar-refractivity contribution is 0.410. The zero-order valence-electron chi connectivity index (χ0n) is 11.9. The van der Waals surface area contributed by atoms with Gasteiger partial charge in [0.15, 0.2) is 0 Å². The van der Waals surface area contributed by atoms with Crippen LogP contribution in [0.2, 0.25) is 0 Å². The summed E-state index contributed by atoms with van der Waals surface area (Å²) in [6.07, 6.45) is 2.48. The largest absolute Gasteiger partial charge is 0.309 e. The maximum absolute atomic E-state index is 12.5. The lowest BCUT2D eigenvalue weighted by atomic mass is 10.4. The third-order valence-electron chi connectivity index (χ3n) is 3.45. The summed E-state index contributed by atoms with van der Waals surface area (Å²) in [5, 5.41) is 3.42. The highest BCUT2D eigenvalue weighted by atomic mass is 32.2. The van der Waals surface area contributed by atoms with Gasteiger partial charge in [-0.15, -0.1) is 11.3 Å². The first-order chi connectivity index (χ1) is 8.82. The van der Waals surface area contributed by atoms with Crippen molar-refractivity contribution in [3.05, 3.63) is 15.8 Å². The molecule has 1 fully saturated rings. The van der Waals surface area contributed by atoms with Gasteiger partial charge in [-0.25, -0.2) is 8.42 Å². The quantitative estimate of drug-likeness (QED) is 0.877. The van der Waals surface area contributed by atoms with Gasteiger partial charge in [-0.3, -0.25) is 0 Å². The maximum atomic E-state index is 12.5. The summed E-state index contributed by atoms with van der Waals surface area (Å²) in [6.45, 7) is 6.42. The van der Waals surface area contributed by atoms with Crippen LogP contribution in [0.15, 0.2) is 11.0 Å². The lowest BCUT2D eigenvalue weighted by Crippen LogP contribution is -2.33. The molecule has 0 aliphatic heterocycles. The van der Waals surface area contributed by atoms with Crippen LogP contribution in [0.25, 0.3) is 0 Å². The molecule has 108 valence electrons. The minimum Gasteiger partial charge on any atom is -0.309 e. The Labute approximate surface area is 119 Å². The van der Waals surface area contributed by atoms with Crippen LogP contribution in [0.3, 0.4) is 0 Å². The fourth-order valence-corrected chi connectivity index (χ4v) is 4.75. The molecule has 4 nitrogen and oxygen atoms in total. The fraction of sp³-hybridized carbons (Fsp3) is 0.692. The number of nitrogens with zero attached hydrogens (tertiary/aromatic N) is 1. The Hall–Kier alpha value is -0.430. The molecule has 1 aliphatic carbocycles. The number of hydrogen-bond donors (Lipinski definition) is 1. The van der Waals surface area contributed by atoms with Crippen molar-refractivity contribution in [1.82, 2.24) is 9.62 Å². The molecule has 0 radical (unpaired) electrons. The maximum Gasteiger partial charge on any atom is 0.244 e. The topological polar surface area (TPSA) is 49.4 Å². The van der Waals surface area contributed by atoms with Crippen LogP contribution < -0.4 is 5.32 Å². The second kappa shape index (κ2) is 5.52. The highest BCUT2D eigenvalue weighted by molar-refractivity contribution is 7.89. The molecule has 19 heavy (non-hydrogen) atoms. The van der Waals surface area contributed by atoms with Crippen LogP contribution in [0.1, 0.15) is 36.4 Å². The summed E-state index contributed by atoms with van der Waals surface area (Å²) < 4.78 is 26.4. The monoisotopic (exact) mass is 302 g/mol. The highest BCUT2D eigenvalue weighted by Crippen LogP contribution is 2.29. The third kappa shape index (κ3) is 3.37. The average molecular weight is 302 g/mol. The molecule has 1 aromatic heterocycles. The fourth-order valence-electron chi connectivity index (χ4n) is 1.83. The third-order valence-corrected chi connectivity index (χ3v) is 6.79. The second-order valence-electron chi connectivity index (χ2n) is 5.40. The Bertz CT molecular complexity index is 545. The molecule has 1 N–H and O–H groups in total. The van der Waals surface area contributed by atoms with Gasteiger partial charge in [0.2, 0.25) is 10.0 Å². The van der Waals surface area contributed by atoms with E-state index in [4.69, 9.17) is 0 Å². The number of sulfonamides is 1. The van der Waals surface area contributed by atoms with Gasteiger partial charge < -0.3 is 5.32 Å².